The molecule has 2 rings (SSSR count). The summed E-state index contributed by atoms with van der Waals surface area (Å²) in [7, 11) is 0. The number of carboxylic acids is 1. The van der Waals surface area contributed by atoms with E-state index in [1.807, 2.05) is 11.8 Å². The fourth-order valence-electron chi connectivity index (χ4n) is 3.67. The summed E-state index contributed by atoms with van der Waals surface area (Å²) in [6, 6.07) is 0.294. The molecule has 1 saturated heterocycles. The van der Waals surface area contributed by atoms with E-state index in [1.54, 1.807) is 0 Å². The summed E-state index contributed by atoms with van der Waals surface area (Å²) in [6.45, 7) is 4.73. The van der Waals surface area contributed by atoms with Crippen LogP contribution < -0.4 is 5.32 Å². The van der Waals surface area contributed by atoms with Crippen molar-refractivity contribution in [3.8, 4) is 0 Å². The van der Waals surface area contributed by atoms with Crippen LogP contribution in [0.5, 0.6) is 0 Å². The Labute approximate surface area is 127 Å². The van der Waals surface area contributed by atoms with Crippen molar-refractivity contribution in [2.24, 2.45) is 11.8 Å². The first-order valence-electron chi connectivity index (χ1n) is 8.31. The Balaban J connectivity index is 1.80. The van der Waals surface area contributed by atoms with Crippen molar-refractivity contribution in [2.75, 3.05) is 6.54 Å². The van der Waals surface area contributed by atoms with E-state index in [4.69, 9.17) is 5.11 Å². The van der Waals surface area contributed by atoms with E-state index in [0.717, 1.165) is 18.8 Å². The molecule has 120 valence electrons. The SMILES string of the molecule is CCC1CCC(NC(=O)N2CCC(C(=O)O)CC2C)CC1. The molecule has 5 heteroatoms. The number of aliphatic carboxylic acids is 1. The van der Waals surface area contributed by atoms with Crippen molar-refractivity contribution in [1.82, 2.24) is 10.2 Å². The summed E-state index contributed by atoms with van der Waals surface area (Å²) in [6.07, 6.45) is 6.92. The number of carboxylic acid groups (broad SMARTS) is 1. The molecule has 0 aromatic rings. The topological polar surface area (TPSA) is 69.6 Å². The zero-order valence-electron chi connectivity index (χ0n) is 13.2. The Morgan fingerprint density at radius 1 is 1.19 bits per heavy atom. The first-order chi connectivity index (χ1) is 10.0. The van der Waals surface area contributed by atoms with E-state index in [0.29, 0.717) is 25.4 Å². The number of piperidine rings is 1. The van der Waals surface area contributed by atoms with Gasteiger partial charge in [0.15, 0.2) is 0 Å². The molecule has 1 aliphatic heterocycles. The van der Waals surface area contributed by atoms with E-state index in [9.17, 15) is 9.59 Å². The van der Waals surface area contributed by atoms with Gasteiger partial charge in [0.05, 0.1) is 5.92 Å². The minimum absolute atomic E-state index is 0.00632. The predicted octanol–water partition coefficient (Wildman–Crippen LogP) is 2.85. The zero-order chi connectivity index (χ0) is 15.4. The van der Waals surface area contributed by atoms with Gasteiger partial charge in [-0.25, -0.2) is 4.79 Å². The van der Waals surface area contributed by atoms with Crippen LogP contribution in [0.2, 0.25) is 0 Å². The lowest BCUT2D eigenvalue weighted by Gasteiger charge is -2.38. The van der Waals surface area contributed by atoms with Gasteiger partial charge in [-0.05, 0) is 51.4 Å². The molecule has 5 nitrogen and oxygen atoms in total. The highest BCUT2D eigenvalue weighted by Gasteiger charge is 2.33. The molecule has 2 atom stereocenters. The molecule has 1 heterocycles. The molecule has 0 radical (unpaired) electrons. The number of urea groups is 1. The van der Waals surface area contributed by atoms with Crippen LogP contribution in [0.4, 0.5) is 4.79 Å². The van der Waals surface area contributed by atoms with Gasteiger partial charge in [-0.1, -0.05) is 13.3 Å². The Morgan fingerprint density at radius 3 is 2.38 bits per heavy atom. The van der Waals surface area contributed by atoms with Crippen LogP contribution in [-0.4, -0.2) is 40.6 Å². The predicted molar refractivity (Wildman–Crippen MR) is 81.1 cm³/mol. The number of hydrogen-bond donors (Lipinski definition) is 2. The number of hydrogen-bond acceptors (Lipinski definition) is 2. The molecule has 0 aromatic carbocycles. The second-order valence-electron chi connectivity index (χ2n) is 6.68. The smallest absolute Gasteiger partial charge is 0.317 e. The van der Waals surface area contributed by atoms with Crippen LogP contribution in [0.1, 0.15) is 58.8 Å². The van der Waals surface area contributed by atoms with Crippen molar-refractivity contribution in [1.29, 1.82) is 0 Å². The molecule has 2 fully saturated rings. The van der Waals surface area contributed by atoms with Crippen molar-refractivity contribution in [3.63, 3.8) is 0 Å². The molecule has 0 spiro atoms. The highest BCUT2D eigenvalue weighted by molar-refractivity contribution is 5.76. The summed E-state index contributed by atoms with van der Waals surface area (Å²) in [4.78, 5) is 25.2. The van der Waals surface area contributed by atoms with E-state index in [-0.39, 0.29) is 18.0 Å². The van der Waals surface area contributed by atoms with E-state index in [2.05, 4.69) is 12.2 Å². The minimum atomic E-state index is -0.736. The molecular formula is C16H28N2O3. The Kier molecular flexibility index (Phi) is 5.48. The van der Waals surface area contributed by atoms with Gasteiger partial charge in [-0.2, -0.15) is 0 Å². The maximum atomic E-state index is 12.4. The first kappa shape index (κ1) is 16.1. The van der Waals surface area contributed by atoms with Gasteiger partial charge in [-0.3, -0.25) is 4.79 Å². The molecule has 1 aliphatic carbocycles. The first-order valence-corrected chi connectivity index (χ1v) is 8.31. The molecule has 0 bridgehead atoms. The van der Waals surface area contributed by atoms with Crippen molar-refractivity contribution >= 4 is 12.0 Å². The Morgan fingerprint density at radius 2 is 1.86 bits per heavy atom. The van der Waals surface area contributed by atoms with Crippen LogP contribution in [0.25, 0.3) is 0 Å². The van der Waals surface area contributed by atoms with Crippen LogP contribution >= 0.6 is 0 Å². The minimum Gasteiger partial charge on any atom is -0.481 e. The average Bonchev–Trinajstić information content (AvgIpc) is 2.47. The van der Waals surface area contributed by atoms with Crippen LogP contribution in [0, 0.1) is 11.8 Å². The highest BCUT2D eigenvalue weighted by atomic mass is 16.4. The third kappa shape index (κ3) is 4.11. The largest absolute Gasteiger partial charge is 0.481 e. The fraction of sp³-hybridized carbons (Fsp3) is 0.875. The Bertz CT molecular complexity index is 378. The van der Waals surface area contributed by atoms with Crippen molar-refractivity contribution < 1.29 is 14.7 Å². The fourth-order valence-corrected chi connectivity index (χ4v) is 3.67. The van der Waals surface area contributed by atoms with Crippen molar-refractivity contribution in [3.05, 3.63) is 0 Å². The third-order valence-corrected chi connectivity index (χ3v) is 5.24. The van der Waals surface area contributed by atoms with Gasteiger partial charge in [0.1, 0.15) is 0 Å². The third-order valence-electron chi connectivity index (χ3n) is 5.24. The maximum absolute atomic E-state index is 12.4. The number of carbonyl (C=O) groups is 2. The number of likely N-dealkylation sites (tertiary alicyclic amines) is 1. The van der Waals surface area contributed by atoms with Crippen molar-refractivity contribution in [2.45, 2.75) is 70.9 Å². The summed E-state index contributed by atoms with van der Waals surface area (Å²) < 4.78 is 0. The van der Waals surface area contributed by atoms with Gasteiger partial charge in [-0.15, -0.1) is 0 Å². The quantitative estimate of drug-likeness (QED) is 0.841. The number of amides is 2. The van der Waals surface area contributed by atoms with E-state index >= 15 is 0 Å². The second-order valence-corrected chi connectivity index (χ2v) is 6.68. The molecule has 2 aliphatic rings. The normalized spacial score (nSPS) is 33.5. The number of carbonyl (C=O) groups excluding carboxylic acids is 1. The molecule has 2 N–H and O–H groups in total. The molecule has 1 saturated carbocycles. The lowest BCUT2D eigenvalue weighted by atomic mass is 9.84. The van der Waals surface area contributed by atoms with Gasteiger partial charge in [0, 0.05) is 18.6 Å². The lowest BCUT2D eigenvalue weighted by molar-refractivity contribution is -0.143. The van der Waals surface area contributed by atoms with Gasteiger partial charge < -0.3 is 15.3 Å². The molecule has 2 amide bonds. The van der Waals surface area contributed by atoms with Gasteiger partial charge in [0.2, 0.25) is 0 Å². The van der Waals surface area contributed by atoms with Crippen LogP contribution in [0.3, 0.4) is 0 Å². The highest BCUT2D eigenvalue weighted by Crippen LogP contribution is 2.27. The second kappa shape index (κ2) is 7.14. The van der Waals surface area contributed by atoms with Gasteiger partial charge >= 0.3 is 12.0 Å². The molecule has 21 heavy (non-hydrogen) atoms. The summed E-state index contributed by atoms with van der Waals surface area (Å²) in [5, 5.41) is 12.2. The number of rotatable bonds is 3. The molecule has 0 aromatic heterocycles. The Hall–Kier alpha value is -1.26. The standard InChI is InChI=1S/C16H28N2O3/c1-3-12-4-6-14(7-5-12)17-16(21)18-9-8-13(15(19)20)10-11(18)2/h11-14H,3-10H2,1-2H3,(H,17,21)(H,19,20). The summed E-state index contributed by atoms with van der Waals surface area (Å²) in [5.41, 5.74) is 0. The van der Waals surface area contributed by atoms with E-state index < -0.39 is 5.97 Å². The lowest BCUT2D eigenvalue weighted by Crippen LogP contribution is -2.52. The molecule has 2 unspecified atom stereocenters. The number of nitrogens with zero attached hydrogens (tertiary/aromatic N) is 1. The van der Waals surface area contributed by atoms with Crippen LogP contribution in [0.15, 0.2) is 0 Å². The van der Waals surface area contributed by atoms with Crippen LogP contribution in [-0.2, 0) is 4.79 Å². The summed E-state index contributed by atoms with van der Waals surface area (Å²) >= 11 is 0. The van der Waals surface area contributed by atoms with E-state index in [1.165, 1.54) is 19.3 Å². The molecular weight excluding hydrogens is 268 g/mol. The number of nitrogens with one attached hydrogen (secondary N) is 1. The van der Waals surface area contributed by atoms with Gasteiger partial charge in [0.25, 0.3) is 0 Å². The monoisotopic (exact) mass is 296 g/mol. The summed E-state index contributed by atoms with van der Waals surface area (Å²) in [5.74, 6) is -0.216. The average molecular weight is 296 g/mol. The zero-order valence-corrected chi connectivity index (χ0v) is 13.2. The maximum Gasteiger partial charge on any atom is 0.317 e.